The molecule has 0 spiro atoms. The molecular weight excluding hydrogens is 404 g/mol. The predicted octanol–water partition coefficient (Wildman–Crippen LogP) is 2.28. The van der Waals surface area contributed by atoms with E-state index in [1.807, 2.05) is 37.3 Å². The van der Waals surface area contributed by atoms with Gasteiger partial charge in [-0.2, -0.15) is 0 Å². The normalized spacial score (nSPS) is 17.2. The Hall–Kier alpha value is -2.74. The maximum absolute atomic E-state index is 12.5. The highest BCUT2D eigenvalue weighted by Crippen LogP contribution is 2.31. The van der Waals surface area contributed by atoms with Crippen molar-refractivity contribution in [3.05, 3.63) is 76.6 Å². The molecule has 1 aliphatic heterocycles. The number of amides is 1. The number of nitrogens with one attached hydrogen (secondary N) is 2. The lowest BCUT2D eigenvalue weighted by Gasteiger charge is -2.28. The number of hydrogen-bond acceptors (Lipinski definition) is 6. The highest BCUT2D eigenvalue weighted by atomic mass is 35.5. The summed E-state index contributed by atoms with van der Waals surface area (Å²) in [4.78, 5) is 12.5. The first kappa shape index (κ1) is 22.0. The number of hydrogen-bond donors (Lipinski definition) is 4. The number of hydrazine groups is 1. The summed E-state index contributed by atoms with van der Waals surface area (Å²) < 4.78 is 5.24. The number of alkyl halides is 1. The highest BCUT2D eigenvalue weighted by Gasteiger charge is 2.31. The fraction of sp³-hybridized carbons (Fsp3) is 0.318. The van der Waals surface area contributed by atoms with Gasteiger partial charge in [-0.15, -0.1) is 11.6 Å². The first-order valence-electron chi connectivity index (χ1n) is 9.68. The molecule has 1 heterocycles. The molecule has 2 atom stereocenters. The minimum atomic E-state index is -0.295. The van der Waals surface area contributed by atoms with E-state index < -0.39 is 0 Å². The zero-order chi connectivity index (χ0) is 21.7. The Kier molecular flexibility index (Phi) is 7.20. The van der Waals surface area contributed by atoms with E-state index in [-0.39, 0.29) is 30.5 Å². The molecule has 7 nitrogen and oxygen atoms in total. The van der Waals surface area contributed by atoms with Crippen LogP contribution in [0.3, 0.4) is 0 Å². The molecule has 0 saturated heterocycles. The Bertz CT molecular complexity index is 913. The van der Waals surface area contributed by atoms with Gasteiger partial charge in [0.15, 0.2) is 0 Å². The van der Waals surface area contributed by atoms with Crippen molar-refractivity contribution < 1.29 is 14.6 Å². The first-order chi connectivity index (χ1) is 14.5. The summed E-state index contributed by atoms with van der Waals surface area (Å²) >= 11 is 5.94. The maximum atomic E-state index is 12.5. The lowest BCUT2D eigenvalue weighted by atomic mass is 10.00. The SMILES string of the molecule is COc1ccccc1C(=O)NCc1ccc(C2NN(C(CO)CCl)C(N)=C2C)cc1. The molecule has 0 aromatic heterocycles. The summed E-state index contributed by atoms with van der Waals surface area (Å²) in [7, 11) is 1.54. The molecule has 0 saturated carbocycles. The van der Waals surface area contributed by atoms with E-state index in [0.717, 1.165) is 16.7 Å². The van der Waals surface area contributed by atoms with Gasteiger partial charge in [0.25, 0.3) is 5.91 Å². The molecular formula is C22H27ClN4O3. The van der Waals surface area contributed by atoms with Gasteiger partial charge in [-0.1, -0.05) is 36.4 Å². The number of nitrogens with two attached hydrogens (primary N) is 1. The minimum absolute atomic E-state index is 0.0952. The molecule has 2 aromatic rings. The summed E-state index contributed by atoms with van der Waals surface area (Å²) in [5.41, 5.74) is 13.0. The third kappa shape index (κ3) is 4.53. The average Bonchev–Trinajstić information content (AvgIpc) is 3.08. The molecule has 1 amide bonds. The molecule has 5 N–H and O–H groups in total. The smallest absolute Gasteiger partial charge is 0.255 e. The van der Waals surface area contributed by atoms with Gasteiger partial charge >= 0.3 is 0 Å². The van der Waals surface area contributed by atoms with Crippen LogP contribution < -0.4 is 21.2 Å². The van der Waals surface area contributed by atoms with Crippen molar-refractivity contribution >= 4 is 17.5 Å². The van der Waals surface area contributed by atoms with Crippen molar-refractivity contribution in [1.29, 1.82) is 0 Å². The van der Waals surface area contributed by atoms with E-state index in [2.05, 4.69) is 10.7 Å². The fourth-order valence-electron chi connectivity index (χ4n) is 3.41. The second-order valence-corrected chi connectivity index (χ2v) is 7.42. The van der Waals surface area contributed by atoms with Crippen molar-refractivity contribution in [2.24, 2.45) is 5.73 Å². The van der Waals surface area contributed by atoms with E-state index in [4.69, 9.17) is 22.1 Å². The predicted molar refractivity (Wildman–Crippen MR) is 117 cm³/mol. The van der Waals surface area contributed by atoms with Gasteiger partial charge in [0, 0.05) is 12.4 Å². The zero-order valence-corrected chi connectivity index (χ0v) is 17.8. The fourth-order valence-corrected chi connectivity index (χ4v) is 3.64. The standard InChI is InChI=1S/C22H27ClN4O3/c1-14-20(26-27(21(14)24)17(11-23)13-28)16-9-7-15(8-10-16)12-25-22(29)18-5-3-4-6-19(18)30-2/h3-10,17,20,26,28H,11-13,24H2,1-2H3,(H,25,29). The second-order valence-electron chi connectivity index (χ2n) is 7.12. The van der Waals surface area contributed by atoms with Gasteiger partial charge in [-0.3, -0.25) is 9.80 Å². The third-order valence-corrected chi connectivity index (χ3v) is 5.59. The number of nitrogens with zero attached hydrogens (tertiary/aromatic N) is 1. The molecule has 0 aliphatic carbocycles. The van der Waals surface area contributed by atoms with Crippen molar-refractivity contribution in [2.75, 3.05) is 19.6 Å². The molecule has 1 aliphatic rings. The highest BCUT2D eigenvalue weighted by molar-refractivity contribution is 6.18. The number of ether oxygens (including phenoxy) is 1. The van der Waals surface area contributed by atoms with Gasteiger partial charge in [-0.25, -0.2) is 5.43 Å². The Labute approximate surface area is 181 Å². The molecule has 30 heavy (non-hydrogen) atoms. The molecule has 3 rings (SSSR count). The monoisotopic (exact) mass is 430 g/mol. The van der Waals surface area contributed by atoms with Crippen LogP contribution in [0.1, 0.15) is 34.5 Å². The average molecular weight is 431 g/mol. The minimum Gasteiger partial charge on any atom is -0.496 e. The van der Waals surface area contributed by atoms with Crippen LogP contribution in [0.4, 0.5) is 0 Å². The lowest BCUT2D eigenvalue weighted by Crippen LogP contribution is -2.46. The van der Waals surface area contributed by atoms with E-state index in [9.17, 15) is 9.90 Å². The van der Waals surface area contributed by atoms with Crippen molar-refractivity contribution in [3.8, 4) is 5.75 Å². The molecule has 0 bridgehead atoms. The van der Waals surface area contributed by atoms with Crippen molar-refractivity contribution in [2.45, 2.75) is 25.6 Å². The number of methoxy groups -OCH3 is 1. The van der Waals surface area contributed by atoms with Crippen LogP contribution in [-0.4, -0.2) is 41.7 Å². The van der Waals surface area contributed by atoms with Crippen LogP contribution in [0.15, 0.2) is 59.9 Å². The number of benzene rings is 2. The van der Waals surface area contributed by atoms with Crippen molar-refractivity contribution in [1.82, 2.24) is 15.8 Å². The van der Waals surface area contributed by atoms with E-state index in [1.165, 1.54) is 0 Å². The van der Waals surface area contributed by atoms with Crippen LogP contribution in [0.2, 0.25) is 0 Å². The number of halogens is 1. The number of aliphatic hydroxyl groups excluding tert-OH is 1. The van der Waals surface area contributed by atoms with Crippen LogP contribution in [-0.2, 0) is 6.54 Å². The van der Waals surface area contributed by atoms with Crippen LogP contribution >= 0.6 is 11.6 Å². The number of carbonyl (C=O) groups excluding carboxylic acids is 1. The van der Waals surface area contributed by atoms with Crippen LogP contribution in [0, 0.1) is 0 Å². The number of rotatable bonds is 8. The van der Waals surface area contributed by atoms with Gasteiger partial charge in [-0.05, 0) is 35.8 Å². The van der Waals surface area contributed by atoms with Crippen LogP contribution in [0.5, 0.6) is 5.75 Å². The summed E-state index contributed by atoms with van der Waals surface area (Å²) in [6.45, 7) is 2.26. The number of aliphatic hydroxyl groups is 1. The summed E-state index contributed by atoms with van der Waals surface area (Å²) in [6.07, 6.45) is 0. The molecule has 8 heteroatoms. The number of carbonyl (C=O) groups is 1. The van der Waals surface area contributed by atoms with Gasteiger partial charge in [0.2, 0.25) is 0 Å². The third-order valence-electron chi connectivity index (χ3n) is 5.24. The topological polar surface area (TPSA) is 99.8 Å². The van der Waals surface area contributed by atoms with E-state index in [1.54, 1.807) is 30.3 Å². The quantitative estimate of drug-likeness (QED) is 0.479. The van der Waals surface area contributed by atoms with Crippen molar-refractivity contribution in [3.63, 3.8) is 0 Å². The molecule has 2 aromatic carbocycles. The zero-order valence-electron chi connectivity index (χ0n) is 17.1. The molecule has 0 radical (unpaired) electrons. The van der Waals surface area contributed by atoms with Gasteiger partial charge in [0.1, 0.15) is 11.6 Å². The largest absolute Gasteiger partial charge is 0.496 e. The van der Waals surface area contributed by atoms with E-state index >= 15 is 0 Å². The number of para-hydroxylation sites is 1. The Morgan fingerprint density at radius 3 is 2.63 bits per heavy atom. The lowest BCUT2D eigenvalue weighted by molar-refractivity contribution is 0.0948. The molecule has 2 unspecified atom stereocenters. The Morgan fingerprint density at radius 1 is 1.30 bits per heavy atom. The summed E-state index contributed by atoms with van der Waals surface area (Å²) in [5.74, 6) is 1.19. The van der Waals surface area contributed by atoms with E-state index in [0.29, 0.717) is 23.7 Å². The molecule has 0 fully saturated rings. The first-order valence-corrected chi connectivity index (χ1v) is 10.2. The molecule has 160 valence electrons. The van der Waals surface area contributed by atoms with Crippen LogP contribution in [0.25, 0.3) is 0 Å². The second kappa shape index (κ2) is 9.84. The summed E-state index contributed by atoms with van der Waals surface area (Å²) in [5, 5.41) is 14.2. The Morgan fingerprint density at radius 2 is 2.00 bits per heavy atom. The summed E-state index contributed by atoms with van der Waals surface area (Å²) in [6, 6.07) is 14.7. The van der Waals surface area contributed by atoms with Gasteiger partial charge in [0.05, 0.1) is 31.4 Å². The van der Waals surface area contributed by atoms with Gasteiger partial charge < -0.3 is 20.9 Å². The Balaban J connectivity index is 1.65. The maximum Gasteiger partial charge on any atom is 0.255 e.